The number of anilines is 1. The van der Waals surface area contributed by atoms with Gasteiger partial charge in [-0.15, -0.1) is 0 Å². The number of benzene rings is 1. The quantitative estimate of drug-likeness (QED) is 0.725. The van der Waals surface area contributed by atoms with Gasteiger partial charge >= 0.3 is 0 Å². The number of hydrogen-bond acceptors (Lipinski definition) is 7. The van der Waals surface area contributed by atoms with E-state index in [2.05, 4.69) is 9.97 Å². The Kier molecular flexibility index (Phi) is 4.53. The van der Waals surface area contributed by atoms with Crippen molar-refractivity contribution in [3.8, 4) is 17.0 Å². The first-order chi connectivity index (χ1) is 14.5. The molecule has 10 heteroatoms. The van der Waals surface area contributed by atoms with E-state index >= 15 is 0 Å². The lowest BCUT2D eigenvalue weighted by atomic mass is 10.0. The molecule has 3 atom stereocenters. The summed E-state index contributed by atoms with van der Waals surface area (Å²) in [6, 6.07) is 4.67. The van der Waals surface area contributed by atoms with Crippen molar-refractivity contribution in [2.45, 2.75) is 61.7 Å². The van der Waals surface area contributed by atoms with Gasteiger partial charge in [-0.2, -0.15) is 8.78 Å². The number of rotatable bonds is 5. The van der Waals surface area contributed by atoms with E-state index in [-0.39, 0.29) is 48.1 Å². The van der Waals surface area contributed by atoms with Gasteiger partial charge in [-0.3, -0.25) is 0 Å². The van der Waals surface area contributed by atoms with E-state index in [0.717, 1.165) is 12.8 Å². The number of alkyl halides is 2. The van der Waals surface area contributed by atoms with Gasteiger partial charge in [-0.25, -0.2) is 19.0 Å². The van der Waals surface area contributed by atoms with Crippen LogP contribution in [0.2, 0.25) is 0 Å². The molecule has 1 saturated heterocycles. The van der Waals surface area contributed by atoms with E-state index in [1.807, 2.05) is 0 Å². The number of fused-ring (bicyclic) bond motifs is 1. The molecule has 1 aromatic carbocycles. The van der Waals surface area contributed by atoms with Crippen LogP contribution in [0, 0.1) is 4.78 Å². The van der Waals surface area contributed by atoms with Crippen LogP contribution < -0.4 is 9.64 Å². The van der Waals surface area contributed by atoms with Crippen LogP contribution in [0.1, 0.15) is 37.4 Å². The molecule has 1 saturated carbocycles. The van der Waals surface area contributed by atoms with Crippen molar-refractivity contribution in [2.24, 2.45) is 0 Å². The molecule has 7 nitrogen and oxygen atoms in total. The number of halogens is 2. The molecule has 2 aliphatic carbocycles. The molecular formula is C21H24F2N4O3S. The lowest BCUT2D eigenvalue weighted by Crippen LogP contribution is -2.59. The SMILES string of the molecule is C[C@H]1[C@H](O)CN1c1nc(-c2ccc(OC3CC3)c(S(C)(=N)=O)c2)c2c(n1)C(F)(F)CC2. The number of nitrogens with one attached hydrogen (secondary N) is 1. The topological polar surface area (TPSA) is 99.4 Å². The number of aliphatic hydroxyl groups is 1. The van der Waals surface area contributed by atoms with Crippen molar-refractivity contribution in [2.75, 3.05) is 17.7 Å². The first-order valence-corrected chi connectivity index (χ1v) is 12.3. The van der Waals surface area contributed by atoms with Gasteiger partial charge in [-0.05, 0) is 44.4 Å². The molecule has 0 radical (unpaired) electrons. The van der Waals surface area contributed by atoms with Crippen LogP contribution in [0.4, 0.5) is 14.7 Å². The second-order valence-electron chi connectivity index (χ2n) is 8.69. The van der Waals surface area contributed by atoms with Crippen LogP contribution in [0.15, 0.2) is 23.1 Å². The molecule has 1 aromatic heterocycles. The molecule has 2 fully saturated rings. The molecule has 0 amide bonds. The third-order valence-electron chi connectivity index (χ3n) is 6.17. The Balaban J connectivity index is 1.65. The molecule has 2 aromatic rings. The number of aromatic nitrogens is 2. The average Bonchev–Trinajstić information content (AvgIpc) is 3.47. The summed E-state index contributed by atoms with van der Waals surface area (Å²) < 4.78 is 55.8. The minimum absolute atomic E-state index is 0.0688. The Bertz CT molecular complexity index is 1170. The van der Waals surface area contributed by atoms with Crippen molar-refractivity contribution in [1.29, 1.82) is 4.78 Å². The third kappa shape index (κ3) is 3.55. The molecule has 0 spiro atoms. The van der Waals surface area contributed by atoms with Crippen LogP contribution in [-0.2, 0) is 22.1 Å². The van der Waals surface area contributed by atoms with Gasteiger partial charge in [0.05, 0.1) is 38.6 Å². The third-order valence-corrected chi connectivity index (χ3v) is 7.33. The van der Waals surface area contributed by atoms with E-state index in [0.29, 0.717) is 22.6 Å². The van der Waals surface area contributed by atoms with Crippen LogP contribution >= 0.6 is 0 Å². The predicted molar refractivity (Wildman–Crippen MR) is 111 cm³/mol. The van der Waals surface area contributed by atoms with E-state index in [1.54, 1.807) is 30.0 Å². The maximum Gasteiger partial charge on any atom is 0.290 e. The minimum atomic E-state index is -3.11. The van der Waals surface area contributed by atoms with Gasteiger partial charge < -0.3 is 14.7 Å². The second-order valence-corrected chi connectivity index (χ2v) is 10.8. The Hall–Kier alpha value is -2.33. The fourth-order valence-corrected chi connectivity index (χ4v) is 4.91. The predicted octanol–water partition coefficient (Wildman–Crippen LogP) is 3.33. The normalized spacial score (nSPS) is 26.2. The summed E-state index contributed by atoms with van der Waals surface area (Å²) in [7, 11) is -3.11. The fraction of sp³-hybridized carbons (Fsp3) is 0.524. The summed E-state index contributed by atoms with van der Waals surface area (Å²) in [6.45, 7) is 2.07. The van der Waals surface area contributed by atoms with Gasteiger partial charge in [0.25, 0.3) is 5.92 Å². The Morgan fingerprint density at radius 2 is 2.06 bits per heavy atom. The summed E-state index contributed by atoms with van der Waals surface area (Å²) in [5.41, 5.74) is 0.945. The summed E-state index contributed by atoms with van der Waals surface area (Å²) in [4.78, 5) is 10.7. The first kappa shape index (κ1) is 20.6. The maximum absolute atomic E-state index is 14.6. The summed E-state index contributed by atoms with van der Waals surface area (Å²) >= 11 is 0. The molecule has 1 aliphatic heterocycles. The zero-order chi connectivity index (χ0) is 22.1. The number of aliphatic hydroxyl groups excluding tert-OH is 1. The molecule has 2 N–H and O–H groups in total. The van der Waals surface area contributed by atoms with Crippen LogP contribution in [0.25, 0.3) is 11.3 Å². The van der Waals surface area contributed by atoms with Crippen molar-refractivity contribution in [3.05, 3.63) is 29.5 Å². The fourth-order valence-electron chi connectivity index (χ4n) is 4.06. The summed E-state index contributed by atoms with van der Waals surface area (Å²) in [5.74, 6) is -2.51. The molecule has 0 bridgehead atoms. The molecule has 2 heterocycles. The maximum atomic E-state index is 14.6. The molecule has 31 heavy (non-hydrogen) atoms. The van der Waals surface area contributed by atoms with Crippen molar-refractivity contribution >= 4 is 15.7 Å². The summed E-state index contributed by atoms with van der Waals surface area (Å²) in [5, 5.41) is 9.85. The standard InChI is InChI=1S/C21H24F2N4O3S/c1-11-15(28)10-27(11)20-25-18(14-7-8-21(22,23)19(14)26-20)12-3-6-16(30-13-4-5-13)17(9-12)31(2,24)29/h3,6,9,11,13,15,24,28H,4-5,7-8,10H2,1-2H3/t11-,15+,31?/m0/s1. The zero-order valence-corrected chi connectivity index (χ0v) is 18.1. The van der Waals surface area contributed by atoms with Gasteiger partial charge in [0.15, 0.2) is 0 Å². The Morgan fingerprint density at radius 1 is 1.32 bits per heavy atom. The van der Waals surface area contributed by atoms with Gasteiger partial charge in [0.2, 0.25) is 5.95 Å². The van der Waals surface area contributed by atoms with E-state index in [4.69, 9.17) is 9.52 Å². The monoisotopic (exact) mass is 450 g/mol. The van der Waals surface area contributed by atoms with Gasteiger partial charge in [0.1, 0.15) is 11.4 Å². The highest BCUT2D eigenvalue weighted by molar-refractivity contribution is 7.91. The Morgan fingerprint density at radius 3 is 2.68 bits per heavy atom. The molecule has 166 valence electrons. The van der Waals surface area contributed by atoms with Crippen molar-refractivity contribution < 1.29 is 22.8 Å². The van der Waals surface area contributed by atoms with Crippen LogP contribution in [0.5, 0.6) is 5.75 Å². The Labute approximate surface area is 179 Å². The highest BCUT2D eigenvalue weighted by Gasteiger charge is 2.45. The van der Waals surface area contributed by atoms with E-state index < -0.39 is 21.8 Å². The van der Waals surface area contributed by atoms with E-state index in [9.17, 15) is 18.1 Å². The van der Waals surface area contributed by atoms with Crippen molar-refractivity contribution in [3.63, 3.8) is 0 Å². The number of β-amino-alcohol motifs (C(OH)–C–C–N with tert-alkyl or cyclic N) is 1. The van der Waals surface area contributed by atoms with Crippen LogP contribution in [0.3, 0.4) is 0 Å². The molecule has 3 aliphatic rings. The highest BCUT2D eigenvalue weighted by Crippen LogP contribution is 2.45. The smallest absolute Gasteiger partial charge is 0.290 e. The molecule has 5 rings (SSSR count). The lowest BCUT2D eigenvalue weighted by molar-refractivity contribution is -0.00603. The summed E-state index contributed by atoms with van der Waals surface area (Å²) in [6.07, 6.45) is 2.46. The van der Waals surface area contributed by atoms with E-state index in [1.165, 1.54) is 6.26 Å². The van der Waals surface area contributed by atoms with Crippen LogP contribution in [-0.4, -0.2) is 50.3 Å². The molecule has 1 unspecified atom stereocenters. The van der Waals surface area contributed by atoms with Gasteiger partial charge in [-0.1, -0.05) is 0 Å². The highest BCUT2D eigenvalue weighted by atomic mass is 32.2. The number of hydrogen-bond donors (Lipinski definition) is 2. The average molecular weight is 451 g/mol. The lowest BCUT2D eigenvalue weighted by Gasteiger charge is -2.43. The minimum Gasteiger partial charge on any atom is -0.489 e. The number of nitrogens with zero attached hydrogens (tertiary/aromatic N) is 3. The second kappa shape index (κ2) is 6.83. The first-order valence-electron chi connectivity index (χ1n) is 10.3. The molecular weight excluding hydrogens is 426 g/mol. The largest absolute Gasteiger partial charge is 0.489 e. The van der Waals surface area contributed by atoms with Gasteiger partial charge in [0, 0.05) is 30.3 Å². The zero-order valence-electron chi connectivity index (χ0n) is 17.3. The van der Waals surface area contributed by atoms with Crippen molar-refractivity contribution in [1.82, 2.24) is 9.97 Å². The number of ether oxygens (including phenoxy) is 1.